The van der Waals surface area contributed by atoms with Crippen molar-refractivity contribution in [2.45, 2.75) is 12.6 Å². The number of nitrogens with zero attached hydrogens (tertiary/aromatic N) is 1. The number of aromatic nitrogens is 2. The molecule has 0 aliphatic carbocycles. The van der Waals surface area contributed by atoms with Gasteiger partial charge >= 0.3 is 5.69 Å². The molecule has 0 fully saturated rings. The van der Waals surface area contributed by atoms with Crippen LogP contribution in [-0.2, 0) is 11.3 Å². The highest BCUT2D eigenvalue weighted by Gasteiger charge is 2.06. The summed E-state index contributed by atoms with van der Waals surface area (Å²) in [6, 6.07) is 1.22. The van der Waals surface area contributed by atoms with Gasteiger partial charge in [0.25, 0.3) is 5.56 Å². The van der Waals surface area contributed by atoms with E-state index in [1.807, 2.05) is 0 Å². The lowest BCUT2D eigenvalue weighted by Gasteiger charge is -2.11. The molecule has 6 nitrogen and oxygen atoms in total. The molecule has 6 heteroatoms. The monoisotopic (exact) mass is 226 g/mol. The molecule has 0 radical (unpaired) electrons. The first-order chi connectivity index (χ1) is 7.63. The van der Waals surface area contributed by atoms with E-state index in [-0.39, 0.29) is 13.2 Å². The van der Waals surface area contributed by atoms with Crippen LogP contribution < -0.4 is 11.2 Å². The van der Waals surface area contributed by atoms with E-state index in [0.717, 1.165) is 0 Å². The number of aliphatic hydroxyl groups excluding tert-OH is 1. The zero-order valence-electron chi connectivity index (χ0n) is 8.76. The van der Waals surface area contributed by atoms with Crippen molar-refractivity contribution in [3.8, 4) is 0 Å². The average Bonchev–Trinajstić information content (AvgIpc) is 2.23. The molecule has 0 aliphatic heterocycles. The molecule has 1 rings (SSSR count). The maximum atomic E-state index is 11.2. The van der Waals surface area contributed by atoms with Crippen LogP contribution in [0.1, 0.15) is 0 Å². The largest absolute Gasteiger partial charge is 0.389 e. The third-order valence-electron chi connectivity index (χ3n) is 1.85. The molecule has 1 heterocycles. The van der Waals surface area contributed by atoms with E-state index in [1.54, 1.807) is 6.08 Å². The maximum absolute atomic E-state index is 11.2. The van der Waals surface area contributed by atoms with Crippen LogP contribution in [0.4, 0.5) is 0 Å². The predicted octanol–water partition coefficient (Wildman–Crippen LogP) is -0.900. The molecule has 2 N–H and O–H groups in total. The first-order valence-corrected chi connectivity index (χ1v) is 4.80. The Bertz CT molecular complexity index is 449. The highest BCUT2D eigenvalue weighted by Crippen LogP contribution is 1.89. The van der Waals surface area contributed by atoms with Crippen LogP contribution in [0.2, 0.25) is 0 Å². The van der Waals surface area contributed by atoms with Crippen LogP contribution >= 0.6 is 0 Å². The Hall–Kier alpha value is -1.66. The number of H-pyrrole nitrogens is 1. The molecule has 0 aliphatic rings. The molecule has 1 unspecified atom stereocenters. The molecule has 16 heavy (non-hydrogen) atoms. The lowest BCUT2D eigenvalue weighted by Crippen LogP contribution is -2.33. The molecule has 0 saturated heterocycles. The van der Waals surface area contributed by atoms with E-state index < -0.39 is 17.4 Å². The molecule has 0 saturated carbocycles. The molecule has 1 aromatic rings. The first kappa shape index (κ1) is 12.4. The number of rotatable bonds is 6. The van der Waals surface area contributed by atoms with Gasteiger partial charge < -0.3 is 9.84 Å². The summed E-state index contributed by atoms with van der Waals surface area (Å²) in [6.45, 7) is 3.99. The second-order valence-corrected chi connectivity index (χ2v) is 3.24. The van der Waals surface area contributed by atoms with Crippen LogP contribution in [-0.4, -0.2) is 34.0 Å². The highest BCUT2D eigenvalue weighted by molar-refractivity contribution is 4.83. The zero-order valence-corrected chi connectivity index (χ0v) is 8.76. The van der Waals surface area contributed by atoms with E-state index in [2.05, 4.69) is 11.6 Å². The van der Waals surface area contributed by atoms with Crippen molar-refractivity contribution < 1.29 is 9.84 Å². The minimum atomic E-state index is -0.802. The lowest BCUT2D eigenvalue weighted by molar-refractivity contribution is 0.0388. The average molecular weight is 226 g/mol. The smallest absolute Gasteiger partial charge is 0.328 e. The van der Waals surface area contributed by atoms with Gasteiger partial charge in [-0.15, -0.1) is 6.58 Å². The Morgan fingerprint density at radius 2 is 2.38 bits per heavy atom. The Morgan fingerprint density at radius 3 is 3.00 bits per heavy atom. The van der Waals surface area contributed by atoms with Gasteiger partial charge in [0.05, 0.1) is 25.9 Å². The van der Waals surface area contributed by atoms with Gasteiger partial charge in [0.1, 0.15) is 0 Å². The molecule has 1 atom stereocenters. The lowest BCUT2D eigenvalue weighted by atomic mass is 10.3. The normalized spacial score (nSPS) is 12.3. The standard InChI is InChI=1S/C10H14N2O4/c1-2-5-16-7-8(13)6-12-4-3-9(14)11-10(12)15/h2-4,8,13H,1,5-7H2,(H,11,14,15). The van der Waals surface area contributed by atoms with Crippen molar-refractivity contribution in [3.05, 3.63) is 45.8 Å². The van der Waals surface area contributed by atoms with Crippen LogP contribution in [0, 0.1) is 0 Å². The molecule has 1 aromatic heterocycles. The van der Waals surface area contributed by atoms with Gasteiger partial charge in [0, 0.05) is 12.3 Å². The van der Waals surface area contributed by atoms with Gasteiger partial charge in [-0.25, -0.2) is 4.79 Å². The van der Waals surface area contributed by atoms with Crippen molar-refractivity contribution in [1.29, 1.82) is 0 Å². The molecule has 0 aromatic carbocycles. The minimum absolute atomic E-state index is 0.0761. The summed E-state index contributed by atoms with van der Waals surface area (Å²) in [7, 11) is 0. The summed E-state index contributed by atoms with van der Waals surface area (Å²) in [5, 5.41) is 9.51. The van der Waals surface area contributed by atoms with E-state index in [1.165, 1.54) is 16.8 Å². The summed E-state index contributed by atoms with van der Waals surface area (Å²) in [5.41, 5.74) is -1.01. The maximum Gasteiger partial charge on any atom is 0.328 e. The minimum Gasteiger partial charge on any atom is -0.389 e. The number of aliphatic hydroxyl groups is 1. The Labute approximate surface area is 91.8 Å². The number of hydrogen-bond donors (Lipinski definition) is 2. The fraction of sp³-hybridized carbons (Fsp3) is 0.400. The Kier molecular flexibility index (Phi) is 4.68. The molecule has 0 amide bonds. The first-order valence-electron chi connectivity index (χ1n) is 4.80. The SMILES string of the molecule is C=CCOCC(O)Cn1ccc(=O)[nH]c1=O. The third-order valence-corrected chi connectivity index (χ3v) is 1.85. The summed E-state index contributed by atoms with van der Waals surface area (Å²) >= 11 is 0. The van der Waals surface area contributed by atoms with Crippen LogP contribution in [0.25, 0.3) is 0 Å². The Balaban J connectivity index is 2.56. The molecular weight excluding hydrogens is 212 g/mol. The van der Waals surface area contributed by atoms with Crippen molar-refractivity contribution in [1.82, 2.24) is 9.55 Å². The Morgan fingerprint density at radius 1 is 1.62 bits per heavy atom. The molecule has 0 bridgehead atoms. The highest BCUT2D eigenvalue weighted by atomic mass is 16.5. The van der Waals surface area contributed by atoms with Gasteiger partial charge in [-0.2, -0.15) is 0 Å². The summed E-state index contributed by atoms with van der Waals surface area (Å²) in [4.78, 5) is 24.1. The van der Waals surface area contributed by atoms with E-state index >= 15 is 0 Å². The van der Waals surface area contributed by atoms with Gasteiger partial charge in [0.2, 0.25) is 0 Å². The quantitative estimate of drug-likeness (QED) is 0.486. The third kappa shape index (κ3) is 3.84. The molecule has 0 spiro atoms. The van der Waals surface area contributed by atoms with Crippen molar-refractivity contribution in [3.63, 3.8) is 0 Å². The summed E-state index contributed by atoms with van der Waals surface area (Å²) in [5.74, 6) is 0. The van der Waals surface area contributed by atoms with E-state index in [0.29, 0.717) is 6.61 Å². The summed E-state index contributed by atoms with van der Waals surface area (Å²) < 4.78 is 6.24. The fourth-order valence-electron chi connectivity index (χ4n) is 1.16. The van der Waals surface area contributed by atoms with Gasteiger partial charge in [0.15, 0.2) is 0 Å². The van der Waals surface area contributed by atoms with Crippen molar-refractivity contribution in [2.24, 2.45) is 0 Å². The number of nitrogens with one attached hydrogen (secondary N) is 1. The molecular formula is C10H14N2O4. The van der Waals surface area contributed by atoms with Gasteiger partial charge in [-0.3, -0.25) is 14.3 Å². The van der Waals surface area contributed by atoms with Crippen molar-refractivity contribution in [2.75, 3.05) is 13.2 Å². The van der Waals surface area contributed by atoms with Gasteiger partial charge in [-0.1, -0.05) is 6.08 Å². The number of aromatic amines is 1. The molecule has 88 valence electrons. The van der Waals surface area contributed by atoms with Crippen molar-refractivity contribution >= 4 is 0 Å². The van der Waals surface area contributed by atoms with Crippen LogP contribution in [0.15, 0.2) is 34.5 Å². The predicted molar refractivity (Wildman–Crippen MR) is 58.3 cm³/mol. The van der Waals surface area contributed by atoms with Crippen LogP contribution in [0.5, 0.6) is 0 Å². The topological polar surface area (TPSA) is 84.3 Å². The van der Waals surface area contributed by atoms with Gasteiger partial charge in [-0.05, 0) is 0 Å². The number of ether oxygens (including phenoxy) is 1. The summed E-state index contributed by atoms with van der Waals surface area (Å²) in [6.07, 6.45) is 2.10. The van der Waals surface area contributed by atoms with Crippen LogP contribution in [0.3, 0.4) is 0 Å². The fourth-order valence-corrected chi connectivity index (χ4v) is 1.16. The van der Waals surface area contributed by atoms with E-state index in [9.17, 15) is 14.7 Å². The second kappa shape index (κ2) is 6.04. The van der Waals surface area contributed by atoms with E-state index in [4.69, 9.17) is 4.74 Å². The number of hydrogen-bond acceptors (Lipinski definition) is 4. The second-order valence-electron chi connectivity index (χ2n) is 3.24. The zero-order chi connectivity index (χ0) is 12.0.